The molecule has 5 rings (SSSR count). The molecule has 0 fully saturated rings. The van der Waals surface area contributed by atoms with E-state index in [4.69, 9.17) is 16.6 Å². The normalized spacial score (nSPS) is 11.5. The van der Waals surface area contributed by atoms with Crippen molar-refractivity contribution in [2.24, 2.45) is 0 Å². The average molecular weight is 481 g/mol. The van der Waals surface area contributed by atoms with Gasteiger partial charge in [-0.05, 0) is 49.7 Å². The van der Waals surface area contributed by atoms with Crippen molar-refractivity contribution in [1.82, 2.24) is 19.5 Å². The third-order valence-electron chi connectivity index (χ3n) is 5.24. The van der Waals surface area contributed by atoms with Crippen LogP contribution in [0.25, 0.3) is 26.8 Å². The second kappa shape index (κ2) is 8.20. The Balaban J connectivity index is 1.61. The molecule has 0 amide bonds. The van der Waals surface area contributed by atoms with Gasteiger partial charge in [0.05, 0.1) is 27.7 Å². The summed E-state index contributed by atoms with van der Waals surface area (Å²) in [7, 11) is 0. The number of H-pyrrole nitrogens is 1. The summed E-state index contributed by atoms with van der Waals surface area (Å²) < 4.78 is 1.55. The predicted octanol–water partition coefficient (Wildman–Crippen LogP) is 5.25. The minimum absolute atomic E-state index is 0.147. The fraction of sp³-hybridized carbons (Fsp3) is 0.130. The fourth-order valence-electron chi connectivity index (χ4n) is 3.55. The van der Waals surface area contributed by atoms with E-state index in [1.165, 1.54) is 23.1 Å². The lowest BCUT2D eigenvalue weighted by Gasteiger charge is -2.13. The van der Waals surface area contributed by atoms with E-state index in [0.29, 0.717) is 43.7 Å². The van der Waals surface area contributed by atoms with Crippen LogP contribution in [0.4, 0.5) is 0 Å². The Bertz CT molecular complexity index is 1620. The first-order chi connectivity index (χ1) is 15.4. The molecule has 0 bridgehead atoms. The van der Waals surface area contributed by atoms with Crippen LogP contribution < -0.4 is 11.1 Å². The maximum absolute atomic E-state index is 13.3. The molecule has 160 valence electrons. The minimum Gasteiger partial charge on any atom is -0.309 e. The van der Waals surface area contributed by atoms with E-state index < -0.39 is 0 Å². The van der Waals surface area contributed by atoms with E-state index in [1.807, 2.05) is 38.1 Å². The van der Waals surface area contributed by atoms with Crippen LogP contribution in [0.1, 0.15) is 16.3 Å². The van der Waals surface area contributed by atoms with Gasteiger partial charge in [-0.25, -0.2) is 9.97 Å². The van der Waals surface area contributed by atoms with Crippen LogP contribution in [0.5, 0.6) is 0 Å². The Kier molecular flexibility index (Phi) is 5.36. The molecule has 32 heavy (non-hydrogen) atoms. The number of halogens is 1. The molecule has 0 saturated carbocycles. The number of benzene rings is 2. The molecule has 1 N–H and O–H groups in total. The van der Waals surface area contributed by atoms with Crippen LogP contribution in [0.3, 0.4) is 0 Å². The van der Waals surface area contributed by atoms with Gasteiger partial charge in [0, 0.05) is 9.90 Å². The summed E-state index contributed by atoms with van der Waals surface area (Å²) >= 11 is 9.03. The Morgan fingerprint density at radius 1 is 1.09 bits per heavy atom. The predicted molar refractivity (Wildman–Crippen MR) is 132 cm³/mol. The Labute approximate surface area is 195 Å². The molecule has 3 heterocycles. The molecule has 6 nitrogen and oxygen atoms in total. The van der Waals surface area contributed by atoms with Crippen LogP contribution in [-0.2, 0) is 5.75 Å². The highest BCUT2D eigenvalue weighted by Gasteiger charge is 2.16. The average Bonchev–Trinajstić information content (AvgIpc) is 3.06. The van der Waals surface area contributed by atoms with Crippen molar-refractivity contribution >= 4 is 55.8 Å². The van der Waals surface area contributed by atoms with Gasteiger partial charge in [0.2, 0.25) is 0 Å². The summed E-state index contributed by atoms with van der Waals surface area (Å²) in [6.45, 7) is 3.92. The zero-order valence-electron chi connectivity index (χ0n) is 17.2. The summed E-state index contributed by atoms with van der Waals surface area (Å²) in [6.07, 6.45) is 0. The van der Waals surface area contributed by atoms with Gasteiger partial charge in [-0.3, -0.25) is 14.2 Å². The van der Waals surface area contributed by atoms with Crippen molar-refractivity contribution in [2.75, 3.05) is 0 Å². The van der Waals surface area contributed by atoms with E-state index in [-0.39, 0.29) is 11.1 Å². The molecule has 5 aromatic rings. The number of thiophene rings is 1. The lowest BCUT2D eigenvalue weighted by molar-refractivity contribution is 0.818. The molecule has 0 aliphatic rings. The molecule has 0 aliphatic carbocycles. The Hall–Kier alpha value is -2.94. The van der Waals surface area contributed by atoms with E-state index in [0.717, 1.165) is 15.3 Å². The van der Waals surface area contributed by atoms with Crippen molar-refractivity contribution in [3.8, 4) is 5.69 Å². The number of para-hydroxylation sites is 1. The number of hydrogen-bond acceptors (Lipinski definition) is 6. The molecule has 0 radical (unpaired) electrons. The van der Waals surface area contributed by atoms with Crippen LogP contribution in [0, 0.1) is 13.8 Å². The molecule has 0 spiro atoms. The monoisotopic (exact) mass is 480 g/mol. The highest BCUT2D eigenvalue weighted by atomic mass is 35.5. The number of nitrogens with one attached hydrogen (secondary N) is 1. The van der Waals surface area contributed by atoms with Crippen molar-refractivity contribution in [3.63, 3.8) is 0 Å². The number of aromatic nitrogens is 4. The molecule has 9 heteroatoms. The fourth-order valence-corrected chi connectivity index (χ4v) is 5.67. The first-order valence-electron chi connectivity index (χ1n) is 9.82. The van der Waals surface area contributed by atoms with E-state index in [9.17, 15) is 9.59 Å². The van der Waals surface area contributed by atoms with Crippen LogP contribution in [-0.4, -0.2) is 19.5 Å². The molecular formula is C23H17ClN4O2S2. The third kappa shape index (κ3) is 3.64. The summed E-state index contributed by atoms with van der Waals surface area (Å²) in [4.78, 5) is 40.0. The summed E-state index contributed by atoms with van der Waals surface area (Å²) in [5, 5.41) is 2.19. The second-order valence-corrected chi connectivity index (χ2v) is 9.88. The van der Waals surface area contributed by atoms with E-state index in [1.54, 1.807) is 28.8 Å². The summed E-state index contributed by atoms with van der Waals surface area (Å²) in [6, 6.07) is 14.3. The topological polar surface area (TPSA) is 80.6 Å². The van der Waals surface area contributed by atoms with Crippen LogP contribution in [0.15, 0.2) is 63.3 Å². The Morgan fingerprint density at radius 3 is 2.72 bits per heavy atom. The van der Waals surface area contributed by atoms with Crippen LogP contribution in [0.2, 0.25) is 5.02 Å². The molecule has 0 unspecified atom stereocenters. The standard InChI is InChI=1S/C23H17ClN4O2S2/c1-12-13(2)32-21-19(12)20(29)26-18(27-21)11-31-23-25-17-9-4-3-8-16(17)22(30)28(23)15-7-5-6-14(24)10-15/h3-10H,11H2,1-2H3,(H,26,27,29). The quantitative estimate of drug-likeness (QED) is 0.281. The molecule has 0 aliphatic heterocycles. The van der Waals surface area contributed by atoms with Gasteiger partial charge in [0.25, 0.3) is 11.1 Å². The van der Waals surface area contributed by atoms with Crippen molar-refractivity contribution in [2.45, 2.75) is 24.8 Å². The number of aryl methyl sites for hydroxylation is 2. The summed E-state index contributed by atoms with van der Waals surface area (Å²) in [5.74, 6) is 0.890. The number of aromatic amines is 1. The Morgan fingerprint density at radius 2 is 1.91 bits per heavy atom. The molecule has 0 saturated heterocycles. The highest BCUT2D eigenvalue weighted by molar-refractivity contribution is 7.98. The lowest BCUT2D eigenvalue weighted by Crippen LogP contribution is -2.22. The molecule has 2 aromatic carbocycles. The SMILES string of the molecule is Cc1sc2nc(CSc3nc4ccccc4c(=O)n3-c3cccc(Cl)c3)[nH]c(=O)c2c1C. The first kappa shape index (κ1) is 20.9. The van der Waals surface area contributed by atoms with Crippen molar-refractivity contribution in [3.05, 3.63) is 90.5 Å². The van der Waals surface area contributed by atoms with Gasteiger partial charge >= 0.3 is 0 Å². The maximum atomic E-state index is 13.3. The van der Waals surface area contributed by atoms with Crippen LogP contribution >= 0.6 is 34.7 Å². The van der Waals surface area contributed by atoms with Gasteiger partial charge in [-0.2, -0.15) is 0 Å². The number of rotatable bonds is 4. The number of thioether (sulfide) groups is 1. The van der Waals surface area contributed by atoms with Crippen molar-refractivity contribution < 1.29 is 0 Å². The zero-order valence-corrected chi connectivity index (χ0v) is 19.6. The first-order valence-corrected chi connectivity index (χ1v) is 12.0. The van der Waals surface area contributed by atoms with E-state index >= 15 is 0 Å². The van der Waals surface area contributed by atoms with E-state index in [2.05, 4.69) is 9.97 Å². The van der Waals surface area contributed by atoms with Gasteiger partial charge in [0.1, 0.15) is 10.7 Å². The minimum atomic E-state index is -0.179. The highest BCUT2D eigenvalue weighted by Crippen LogP contribution is 2.28. The van der Waals surface area contributed by atoms with Gasteiger partial charge < -0.3 is 4.98 Å². The molecule has 3 aromatic heterocycles. The molecule has 0 atom stereocenters. The van der Waals surface area contributed by atoms with Gasteiger partial charge in [-0.1, -0.05) is 41.6 Å². The van der Waals surface area contributed by atoms with Gasteiger partial charge in [-0.15, -0.1) is 11.3 Å². The largest absolute Gasteiger partial charge is 0.309 e. The third-order valence-corrected chi connectivity index (χ3v) is 7.52. The number of fused-ring (bicyclic) bond motifs is 2. The molecular weight excluding hydrogens is 464 g/mol. The maximum Gasteiger partial charge on any atom is 0.266 e. The number of nitrogens with zero attached hydrogens (tertiary/aromatic N) is 3. The lowest BCUT2D eigenvalue weighted by atomic mass is 10.2. The summed E-state index contributed by atoms with van der Waals surface area (Å²) in [5.41, 5.74) is 1.88. The number of hydrogen-bond donors (Lipinski definition) is 1. The zero-order chi connectivity index (χ0) is 22.4. The smallest absolute Gasteiger partial charge is 0.266 e. The van der Waals surface area contributed by atoms with Crippen molar-refractivity contribution in [1.29, 1.82) is 0 Å². The second-order valence-electron chi connectivity index (χ2n) is 7.30. The van der Waals surface area contributed by atoms with Gasteiger partial charge in [0.15, 0.2) is 5.16 Å².